The summed E-state index contributed by atoms with van der Waals surface area (Å²) < 4.78 is 5.72. The Kier molecular flexibility index (Phi) is 6.98. The number of aliphatic hydroxyl groups excluding tert-OH is 2. The van der Waals surface area contributed by atoms with Crippen LogP contribution in [-0.4, -0.2) is 28.8 Å². The van der Waals surface area contributed by atoms with Crippen molar-refractivity contribution >= 4 is 5.91 Å². The van der Waals surface area contributed by atoms with Gasteiger partial charge in [0.2, 0.25) is 5.91 Å². The lowest BCUT2D eigenvalue weighted by Gasteiger charge is -2.26. The molecule has 4 N–H and O–H groups in total. The fourth-order valence-electron chi connectivity index (χ4n) is 2.79. The summed E-state index contributed by atoms with van der Waals surface area (Å²) in [6.45, 7) is 2.10. The molecule has 25 heavy (non-hydrogen) atoms. The van der Waals surface area contributed by atoms with Crippen molar-refractivity contribution in [3.05, 3.63) is 65.7 Å². The van der Waals surface area contributed by atoms with Crippen LogP contribution in [0.4, 0.5) is 0 Å². The van der Waals surface area contributed by atoms with E-state index in [2.05, 4.69) is 0 Å². The second-order valence-corrected chi connectivity index (χ2v) is 6.06. The minimum atomic E-state index is -1.02. The number of hydrogen-bond donors (Lipinski definition) is 3. The molecule has 2 aromatic carbocycles. The standard InChI is InChI=1S/C20H25NO4/c1-2-15(12-22)19(23)18(20(21)24)16-8-10-17(11-9-16)25-13-14-6-4-3-5-7-14/h3-11,15,18-19,22-23H,2,12-13H2,1H3,(H2,21,24). The number of carbonyl (C=O) groups is 1. The molecule has 0 aliphatic rings. The molecule has 0 bridgehead atoms. The highest BCUT2D eigenvalue weighted by atomic mass is 16.5. The first-order valence-corrected chi connectivity index (χ1v) is 8.41. The Hall–Kier alpha value is -2.37. The molecule has 0 aliphatic carbocycles. The summed E-state index contributed by atoms with van der Waals surface area (Å²) in [5.74, 6) is -1.20. The van der Waals surface area contributed by atoms with Crippen LogP contribution in [-0.2, 0) is 11.4 Å². The van der Waals surface area contributed by atoms with Gasteiger partial charge in [-0.25, -0.2) is 0 Å². The molecule has 0 aliphatic heterocycles. The lowest BCUT2D eigenvalue weighted by Crippen LogP contribution is -2.37. The van der Waals surface area contributed by atoms with Gasteiger partial charge in [0, 0.05) is 12.5 Å². The van der Waals surface area contributed by atoms with Crippen LogP contribution in [0.15, 0.2) is 54.6 Å². The maximum atomic E-state index is 11.8. The lowest BCUT2D eigenvalue weighted by molar-refractivity contribution is -0.123. The number of carbonyl (C=O) groups excluding carboxylic acids is 1. The molecular formula is C20H25NO4. The highest BCUT2D eigenvalue weighted by Gasteiger charge is 2.31. The maximum Gasteiger partial charge on any atom is 0.227 e. The first-order chi connectivity index (χ1) is 12.1. The van der Waals surface area contributed by atoms with Crippen LogP contribution in [0.5, 0.6) is 5.75 Å². The van der Waals surface area contributed by atoms with Gasteiger partial charge in [0.25, 0.3) is 0 Å². The van der Waals surface area contributed by atoms with Crippen molar-refractivity contribution in [2.24, 2.45) is 11.7 Å². The first kappa shape index (κ1) is 19.0. The summed E-state index contributed by atoms with van der Waals surface area (Å²) in [5, 5.41) is 19.8. The third-order valence-electron chi connectivity index (χ3n) is 4.38. The zero-order valence-corrected chi connectivity index (χ0v) is 14.3. The minimum absolute atomic E-state index is 0.195. The Morgan fingerprint density at radius 3 is 2.28 bits per heavy atom. The van der Waals surface area contributed by atoms with E-state index < -0.39 is 23.8 Å². The molecule has 1 amide bonds. The molecule has 0 aromatic heterocycles. The number of aliphatic hydroxyl groups is 2. The van der Waals surface area contributed by atoms with Crippen LogP contribution in [0.2, 0.25) is 0 Å². The van der Waals surface area contributed by atoms with Gasteiger partial charge >= 0.3 is 0 Å². The van der Waals surface area contributed by atoms with Gasteiger partial charge in [-0.1, -0.05) is 49.4 Å². The van der Waals surface area contributed by atoms with Gasteiger partial charge < -0.3 is 20.7 Å². The Bertz CT molecular complexity index is 653. The number of benzene rings is 2. The Morgan fingerprint density at radius 2 is 1.76 bits per heavy atom. The van der Waals surface area contributed by atoms with Crippen molar-refractivity contribution in [3.63, 3.8) is 0 Å². The monoisotopic (exact) mass is 343 g/mol. The average Bonchev–Trinajstić information content (AvgIpc) is 2.63. The fraction of sp³-hybridized carbons (Fsp3) is 0.350. The first-order valence-electron chi connectivity index (χ1n) is 8.41. The van der Waals surface area contributed by atoms with Crippen molar-refractivity contribution in [1.29, 1.82) is 0 Å². The van der Waals surface area contributed by atoms with E-state index in [1.54, 1.807) is 24.3 Å². The molecule has 0 heterocycles. The predicted octanol–water partition coefficient (Wildman–Crippen LogP) is 2.21. The highest BCUT2D eigenvalue weighted by Crippen LogP contribution is 2.27. The molecule has 134 valence electrons. The third kappa shape index (κ3) is 5.05. The van der Waals surface area contributed by atoms with Gasteiger partial charge in [-0.15, -0.1) is 0 Å². The van der Waals surface area contributed by atoms with Crippen molar-refractivity contribution in [2.75, 3.05) is 6.61 Å². The number of nitrogens with two attached hydrogens (primary N) is 1. The number of amides is 1. The van der Waals surface area contributed by atoms with E-state index in [1.165, 1.54) is 0 Å². The number of primary amides is 1. The van der Waals surface area contributed by atoms with Gasteiger partial charge in [0.15, 0.2) is 0 Å². The zero-order valence-electron chi connectivity index (χ0n) is 14.3. The van der Waals surface area contributed by atoms with Crippen molar-refractivity contribution < 1.29 is 19.7 Å². The van der Waals surface area contributed by atoms with Gasteiger partial charge in [0.05, 0.1) is 12.0 Å². The van der Waals surface area contributed by atoms with Crippen molar-refractivity contribution in [2.45, 2.75) is 32.0 Å². The number of hydrogen-bond acceptors (Lipinski definition) is 4. The molecule has 5 nitrogen and oxygen atoms in total. The van der Waals surface area contributed by atoms with Crippen LogP contribution < -0.4 is 10.5 Å². The predicted molar refractivity (Wildman–Crippen MR) is 96.0 cm³/mol. The summed E-state index contributed by atoms with van der Waals surface area (Å²) in [6, 6.07) is 16.8. The molecule has 0 saturated carbocycles. The highest BCUT2D eigenvalue weighted by molar-refractivity contribution is 5.82. The topological polar surface area (TPSA) is 92.8 Å². The molecule has 2 aromatic rings. The maximum absolute atomic E-state index is 11.8. The minimum Gasteiger partial charge on any atom is -0.489 e. The summed E-state index contributed by atoms with van der Waals surface area (Å²) in [5.41, 5.74) is 7.15. The summed E-state index contributed by atoms with van der Waals surface area (Å²) in [4.78, 5) is 11.8. The van der Waals surface area contributed by atoms with Crippen LogP contribution in [0.25, 0.3) is 0 Å². The zero-order chi connectivity index (χ0) is 18.2. The Morgan fingerprint density at radius 1 is 1.12 bits per heavy atom. The Labute approximate surface area is 148 Å². The van der Waals surface area contributed by atoms with E-state index in [-0.39, 0.29) is 6.61 Å². The number of rotatable bonds is 9. The van der Waals surface area contributed by atoms with E-state index in [9.17, 15) is 15.0 Å². The molecular weight excluding hydrogens is 318 g/mol. The molecule has 3 unspecified atom stereocenters. The Balaban J connectivity index is 2.09. The molecule has 0 saturated heterocycles. The molecule has 5 heteroatoms. The van der Waals surface area contributed by atoms with E-state index in [0.717, 1.165) is 5.56 Å². The van der Waals surface area contributed by atoms with Crippen molar-refractivity contribution in [3.8, 4) is 5.75 Å². The second kappa shape index (κ2) is 9.20. The SMILES string of the molecule is CCC(CO)C(O)C(C(N)=O)c1ccc(OCc2ccccc2)cc1. The van der Waals surface area contributed by atoms with Crippen LogP contribution in [0.1, 0.15) is 30.4 Å². The smallest absolute Gasteiger partial charge is 0.227 e. The fourth-order valence-corrected chi connectivity index (χ4v) is 2.79. The largest absolute Gasteiger partial charge is 0.489 e. The van der Waals surface area contributed by atoms with Crippen LogP contribution in [0.3, 0.4) is 0 Å². The molecule has 2 rings (SSSR count). The van der Waals surface area contributed by atoms with Crippen LogP contribution >= 0.6 is 0 Å². The van der Waals surface area contributed by atoms with E-state index in [4.69, 9.17) is 10.5 Å². The summed E-state index contributed by atoms with van der Waals surface area (Å²) >= 11 is 0. The normalized spacial score (nSPS) is 14.5. The number of ether oxygens (including phenoxy) is 1. The third-order valence-corrected chi connectivity index (χ3v) is 4.38. The van der Waals surface area contributed by atoms with Crippen LogP contribution in [0, 0.1) is 5.92 Å². The van der Waals surface area contributed by atoms with Gasteiger partial charge in [-0.3, -0.25) is 4.79 Å². The molecule has 0 radical (unpaired) electrons. The van der Waals surface area contributed by atoms with E-state index in [1.807, 2.05) is 37.3 Å². The average molecular weight is 343 g/mol. The van der Waals surface area contributed by atoms with E-state index in [0.29, 0.717) is 24.3 Å². The van der Waals surface area contributed by atoms with Gasteiger partial charge in [0.1, 0.15) is 12.4 Å². The van der Waals surface area contributed by atoms with E-state index >= 15 is 0 Å². The van der Waals surface area contributed by atoms with Crippen molar-refractivity contribution in [1.82, 2.24) is 0 Å². The molecule has 0 fully saturated rings. The second-order valence-electron chi connectivity index (χ2n) is 6.06. The summed E-state index contributed by atoms with van der Waals surface area (Å²) in [7, 11) is 0. The molecule has 0 spiro atoms. The lowest BCUT2D eigenvalue weighted by atomic mass is 9.84. The summed E-state index contributed by atoms with van der Waals surface area (Å²) in [6.07, 6.45) is -0.469. The van der Waals surface area contributed by atoms with Gasteiger partial charge in [-0.2, -0.15) is 0 Å². The van der Waals surface area contributed by atoms with Gasteiger partial charge in [-0.05, 0) is 29.7 Å². The quantitative estimate of drug-likeness (QED) is 0.651. The molecule has 3 atom stereocenters.